The van der Waals surface area contributed by atoms with Crippen LogP contribution in [0.1, 0.15) is 39.5 Å². The fraction of sp³-hybridized carbons (Fsp3) is 0.700. The van der Waals surface area contributed by atoms with Gasteiger partial charge >= 0.3 is 11.9 Å². The summed E-state index contributed by atoms with van der Waals surface area (Å²) in [5, 5.41) is 0. The molecule has 1 aromatic rings. The fourth-order valence-corrected chi connectivity index (χ4v) is 4.15. The van der Waals surface area contributed by atoms with Crippen molar-refractivity contribution < 1.29 is 19.1 Å². The summed E-state index contributed by atoms with van der Waals surface area (Å²) in [6, 6.07) is 0. The average Bonchev–Trinajstić information content (AvgIpc) is 2.72. The highest BCUT2D eigenvalue weighted by Crippen LogP contribution is 2.32. The van der Waals surface area contributed by atoms with Crippen molar-refractivity contribution in [2.45, 2.75) is 39.5 Å². The molecule has 0 N–H and O–H groups in total. The number of ether oxygens (including phenoxy) is 2. The van der Waals surface area contributed by atoms with E-state index in [0.717, 1.165) is 0 Å². The molecule has 2 heterocycles. The van der Waals surface area contributed by atoms with Crippen molar-refractivity contribution in [2.24, 2.45) is 11.8 Å². The van der Waals surface area contributed by atoms with Gasteiger partial charge in [-0.15, -0.1) is 0 Å². The van der Waals surface area contributed by atoms with E-state index in [1.54, 1.807) is 13.8 Å². The number of esters is 2. The second-order valence-electron chi connectivity index (χ2n) is 7.38. The van der Waals surface area contributed by atoms with Crippen molar-refractivity contribution in [2.75, 3.05) is 49.2 Å². The van der Waals surface area contributed by atoms with Crippen molar-refractivity contribution in [3.63, 3.8) is 0 Å². The average molecular weight is 392 g/mol. The van der Waals surface area contributed by atoms with E-state index in [1.165, 1.54) is 0 Å². The van der Waals surface area contributed by atoms with Crippen LogP contribution in [-0.4, -0.2) is 51.3 Å². The number of hydrogen-bond acceptors (Lipinski definition) is 8. The van der Waals surface area contributed by atoms with E-state index >= 15 is 0 Å². The molecule has 154 valence electrons. The highest BCUT2D eigenvalue weighted by Gasteiger charge is 2.36. The van der Waals surface area contributed by atoms with Gasteiger partial charge in [0.2, 0.25) is 0 Å². The van der Waals surface area contributed by atoms with Crippen LogP contribution >= 0.6 is 0 Å². The van der Waals surface area contributed by atoms with E-state index < -0.39 is 10.9 Å². The zero-order valence-corrected chi connectivity index (χ0v) is 16.6. The molecule has 3 rings (SSSR count). The second-order valence-corrected chi connectivity index (χ2v) is 7.38. The van der Waals surface area contributed by atoms with Gasteiger partial charge in [0.15, 0.2) is 0 Å². The van der Waals surface area contributed by atoms with Gasteiger partial charge in [-0.25, -0.2) is 0 Å². The molecule has 2 saturated heterocycles. The van der Waals surface area contributed by atoms with Gasteiger partial charge in [0.25, 0.3) is 10.9 Å². The lowest BCUT2D eigenvalue weighted by Gasteiger charge is -2.38. The van der Waals surface area contributed by atoms with Gasteiger partial charge < -0.3 is 19.3 Å². The molecule has 0 aromatic heterocycles. The summed E-state index contributed by atoms with van der Waals surface area (Å²) in [5.41, 5.74) is 0.0537. The normalized spacial score (nSPS) is 19.1. The monoisotopic (exact) mass is 392 g/mol. The summed E-state index contributed by atoms with van der Waals surface area (Å²) in [6.07, 6.45) is 2.45. The number of rotatable bonds is 6. The van der Waals surface area contributed by atoms with Crippen LogP contribution in [0.2, 0.25) is 0 Å². The Labute approximate surface area is 164 Å². The highest BCUT2D eigenvalue weighted by molar-refractivity contribution is 5.78. The third-order valence-corrected chi connectivity index (χ3v) is 5.72. The molecule has 8 nitrogen and oxygen atoms in total. The molecule has 28 heavy (non-hydrogen) atoms. The number of nitrogens with zero attached hydrogens (tertiary/aromatic N) is 2. The van der Waals surface area contributed by atoms with Gasteiger partial charge in [-0.3, -0.25) is 19.2 Å². The first-order valence-corrected chi connectivity index (χ1v) is 10.1. The molecule has 2 aliphatic rings. The second kappa shape index (κ2) is 8.75. The third kappa shape index (κ3) is 3.91. The Balaban J connectivity index is 1.63. The zero-order chi connectivity index (χ0) is 20.3. The topological polar surface area (TPSA) is 93.2 Å². The van der Waals surface area contributed by atoms with E-state index in [9.17, 15) is 19.2 Å². The van der Waals surface area contributed by atoms with Crippen LogP contribution in [-0.2, 0) is 19.1 Å². The Bertz CT molecular complexity index is 715. The smallest absolute Gasteiger partial charge is 0.309 e. The van der Waals surface area contributed by atoms with Gasteiger partial charge in [0.05, 0.1) is 25.0 Å². The molecular weight excluding hydrogens is 364 g/mol. The largest absolute Gasteiger partial charge is 0.466 e. The molecule has 0 bridgehead atoms. The van der Waals surface area contributed by atoms with Crippen molar-refractivity contribution in [3.8, 4) is 0 Å². The Morgan fingerprint density at radius 3 is 1.36 bits per heavy atom. The first kappa shape index (κ1) is 20.4. The van der Waals surface area contributed by atoms with E-state index in [0.29, 0.717) is 76.5 Å². The molecule has 8 heteroatoms. The third-order valence-electron chi connectivity index (χ3n) is 5.72. The van der Waals surface area contributed by atoms with E-state index in [2.05, 4.69) is 0 Å². The standard InChI is InChI=1S/C20H28N2O6/c1-3-27-19(25)13-5-9-21(10-6-13)15-16(18(24)17(15)23)22-11-7-14(8-12-22)20(26)28-4-2/h13-14H,3-12H2,1-2H3. The molecular formula is C20H28N2O6. The van der Waals surface area contributed by atoms with Crippen molar-refractivity contribution in [1.29, 1.82) is 0 Å². The van der Waals surface area contributed by atoms with Gasteiger partial charge in [0, 0.05) is 26.2 Å². The van der Waals surface area contributed by atoms with Crippen LogP contribution in [0.4, 0.5) is 11.4 Å². The summed E-state index contributed by atoms with van der Waals surface area (Å²) in [5.74, 6) is -0.667. The summed E-state index contributed by atoms with van der Waals surface area (Å²) >= 11 is 0. The highest BCUT2D eigenvalue weighted by atomic mass is 16.5. The van der Waals surface area contributed by atoms with Crippen molar-refractivity contribution in [3.05, 3.63) is 20.4 Å². The fourth-order valence-electron chi connectivity index (χ4n) is 4.15. The van der Waals surface area contributed by atoms with Crippen LogP contribution in [0.15, 0.2) is 9.59 Å². The summed E-state index contributed by atoms with van der Waals surface area (Å²) < 4.78 is 10.2. The van der Waals surface area contributed by atoms with Crippen LogP contribution in [0.3, 0.4) is 0 Å². The molecule has 0 aliphatic carbocycles. The number of hydrogen-bond donors (Lipinski definition) is 0. The Kier molecular flexibility index (Phi) is 6.36. The lowest BCUT2D eigenvalue weighted by Crippen LogP contribution is -2.50. The minimum absolute atomic E-state index is 0.147. The molecule has 0 saturated carbocycles. The first-order chi connectivity index (χ1) is 13.5. The van der Waals surface area contributed by atoms with Crippen molar-refractivity contribution >= 4 is 23.3 Å². The van der Waals surface area contributed by atoms with Crippen LogP contribution < -0.4 is 20.7 Å². The maximum Gasteiger partial charge on any atom is 0.309 e. The Morgan fingerprint density at radius 1 is 0.750 bits per heavy atom. The summed E-state index contributed by atoms with van der Waals surface area (Å²) in [4.78, 5) is 52.1. The first-order valence-electron chi connectivity index (χ1n) is 10.1. The number of anilines is 2. The number of carbonyl (C=O) groups is 2. The maximum absolute atomic E-state index is 12.2. The molecule has 0 radical (unpaired) electrons. The van der Waals surface area contributed by atoms with Crippen LogP contribution in [0.5, 0.6) is 0 Å². The molecule has 0 spiro atoms. The summed E-state index contributed by atoms with van der Waals surface area (Å²) in [6.45, 7) is 6.52. The van der Waals surface area contributed by atoms with Crippen LogP contribution in [0, 0.1) is 11.8 Å². The minimum Gasteiger partial charge on any atom is -0.466 e. The van der Waals surface area contributed by atoms with E-state index in [1.807, 2.05) is 9.80 Å². The van der Waals surface area contributed by atoms with E-state index in [-0.39, 0.29) is 23.8 Å². The number of piperidine rings is 2. The van der Waals surface area contributed by atoms with Gasteiger partial charge in [0.1, 0.15) is 11.4 Å². The molecule has 1 aromatic carbocycles. The SMILES string of the molecule is CCOC(=O)C1CCN(c2c(N3CCC(C(=O)OCC)CC3)c(=O)c2=O)CC1. The zero-order valence-electron chi connectivity index (χ0n) is 16.6. The Hall–Kier alpha value is -2.38. The quantitative estimate of drug-likeness (QED) is 0.519. The molecule has 0 unspecified atom stereocenters. The van der Waals surface area contributed by atoms with Gasteiger partial charge in [-0.1, -0.05) is 0 Å². The summed E-state index contributed by atoms with van der Waals surface area (Å²) in [7, 11) is 0. The van der Waals surface area contributed by atoms with Crippen LogP contribution in [0.25, 0.3) is 0 Å². The van der Waals surface area contributed by atoms with E-state index in [4.69, 9.17) is 9.47 Å². The van der Waals surface area contributed by atoms with Gasteiger partial charge in [-0.2, -0.15) is 0 Å². The number of carbonyl (C=O) groups excluding carboxylic acids is 2. The maximum atomic E-state index is 12.2. The minimum atomic E-state index is -0.447. The molecule has 0 atom stereocenters. The Morgan fingerprint density at radius 2 is 1.07 bits per heavy atom. The molecule has 2 aliphatic heterocycles. The molecule has 2 fully saturated rings. The van der Waals surface area contributed by atoms with Crippen molar-refractivity contribution in [1.82, 2.24) is 0 Å². The van der Waals surface area contributed by atoms with Gasteiger partial charge in [-0.05, 0) is 39.5 Å². The lowest BCUT2D eigenvalue weighted by atomic mass is 9.94. The lowest BCUT2D eigenvalue weighted by molar-refractivity contribution is -0.149. The molecule has 0 amide bonds. The predicted octanol–water partition coefficient (Wildman–Crippen LogP) is 0.842. The predicted molar refractivity (Wildman–Crippen MR) is 104 cm³/mol.